The average Bonchev–Trinajstić information content (AvgIpc) is 2.61. The molecule has 0 fully saturated rings. The fourth-order valence-electron chi connectivity index (χ4n) is 2.63. The van der Waals surface area contributed by atoms with E-state index in [2.05, 4.69) is 4.98 Å². The topological polar surface area (TPSA) is 122 Å². The molecule has 0 radical (unpaired) electrons. The molecule has 8 heteroatoms. The van der Waals surface area contributed by atoms with E-state index in [-0.39, 0.29) is 21.4 Å². The SMILES string of the molecule is CCCC(=O)O.COc1cccc2c(=O)c3c(Cl)ccc(C(N)=O)c3[nH]c12. The predicted octanol–water partition coefficient (Wildman–Crippen LogP) is 3.31. The number of primary amides is 1. The van der Waals surface area contributed by atoms with E-state index >= 15 is 0 Å². The zero-order chi connectivity index (χ0) is 20.1. The van der Waals surface area contributed by atoms with Crippen LogP contribution in [0.3, 0.4) is 0 Å². The number of hydrogen-bond donors (Lipinski definition) is 3. The predicted molar refractivity (Wildman–Crippen MR) is 105 cm³/mol. The number of halogens is 1. The van der Waals surface area contributed by atoms with Gasteiger partial charge in [0.1, 0.15) is 5.75 Å². The van der Waals surface area contributed by atoms with Gasteiger partial charge in [0.25, 0.3) is 5.91 Å². The van der Waals surface area contributed by atoms with Gasteiger partial charge in [-0.2, -0.15) is 0 Å². The molecule has 4 N–H and O–H groups in total. The highest BCUT2D eigenvalue weighted by Crippen LogP contribution is 2.28. The number of aromatic nitrogens is 1. The number of carboxylic acids is 1. The Kier molecular flexibility index (Phi) is 6.41. The fourth-order valence-corrected chi connectivity index (χ4v) is 2.87. The summed E-state index contributed by atoms with van der Waals surface area (Å²) in [6, 6.07) is 8.09. The van der Waals surface area contributed by atoms with E-state index in [4.69, 9.17) is 27.2 Å². The molecule has 0 saturated carbocycles. The number of ether oxygens (including phenoxy) is 1. The van der Waals surface area contributed by atoms with Crippen molar-refractivity contribution in [3.8, 4) is 5.75 Å². The molecule has 1 amide bonds. The van der Waals surface area contributed by atoms with Crippen LogP contribution in [0.5, 0.6) is 5.75 Å². The maximum atomic E-state index is 12.6. The van der Waals surface area contributed by atoms with Gasteiger partial charge in [0.15, 0.2) is 5.43 Å². The Bertz CT molecular complexity index is 1080. The lowest BCUT2D eigenvalue weighted by Gasteiger charge is -2.10. The number of carboxylic acid groups (broad SMARTS) is 1. The Morgan fingerprint density at radius 3 is 2.44 bits per heavy atom. The molecule has 1 aromatic heterocycles. The first-order valence-electron chi connectivity index (χ1n) is 8.14. The van der Waals surface area contributed by atoms with Gasteiger partial charge in [0.05, 0.1) is 34.1 Å². The second-order valence-electron chi connectivity index (χ2n) is 5.69. The summed E-state index contributed by atoms with van der Waals surface area (Å²) in [6.07, 6.45) is 1.02. The Labute approximate surface area is 159 Å². The molecule has 0 saturated heterocycles. The third-order valence-electron chi connectivity index (χ3n) is 3.85. The quantitative estimate of drug-likeness (QED) is 0.590. The monoisotopic (exact) mass is 390 g/mol. The van der Waals surface area contributed by atoms with Crippen LogP contribution in [-0.4, -0.2) is 29.1 Å². The molecule has 0 aliphatic rings. The molecule has 2 aromatic carbocycles. The van der Waals surface area contributed by atoms with Crippen LogP contribution in [0.2, 0.25) is 5.02 Å². The number of aromatic amines is 1. The van der Waals surface area contributed by atoms with Crippen LogP contribution in [0.25, 0.3) is 21.8 Å². The first-order chi connectivity index (χ1) is 12.8. The highest BCUT2D eigenvalue weighted by atomic mass is 35.5. The van der Waals surface area contributed by atoms with Gasteiger partial charge in [-0.1, -0.05) is 24.6 Å². The zero-order valence-corrected chi connectivity index (χ0v) is 15.6. The summed E-state index contributed by atoms with van der Waals surface area (Å²) in [5, 5.41) is 8.86. The minimum Gasteiger partial charge on any atom is -0.495 e. The maximum Gasteiger partial charge on any atom is 0.303 e. The van der Waals surface area contributed by atoms with Crippen molar-refractivity contribution in [2.45, 2.75) is 19.8 Å². The second kappa shape index (κ2) is 8.55. The number of para-hydroxylation sites is 1. The standard InChI is InChI=1S/C15H11ClN2O3.C4H8O2/c1-21-10-4-2-3-7-12(10)18-13-8(15(17)20)5-6-9(16)11(13)14(7)19;1-2-3-4(5)6/h2-6H,1H3,(H2,17,20)(H,18,19);2-3H2,1H3,(H,5,6). The summed E-state index contributed by atoms with van der Waals surface area (Å²) in [5.41, 5.74) is 6.11. The third-order valence-corrected chi connectivity index (χ3v) is 4.17. The van der Waals surface area contributed by atoms with Gasteiger partial charge >= 0.3 is 5.97 Å². The van der Waals surface area contributed by atoms with E-state index in [0.717, 1.165) is 6.42 Å². The molecule has 0 atom stereocenters. The largest absolute Gasteiger partial charge is 0.495 e. The van der Waals surface area contributed by atoms with Gasteiger partial charge in [0.2, 0.25) is 0 Å². The van der Waals surface area contributed by atoms with Crippen molar-refractivity contribution in [1.82, 2.24) is 4.98 Å². The van der Waals surface area contributed by atoms with Crippen LogP contribution < -0.4 is 15.9 Å². The number of carbonyl (C=O) groups is 2. The van der Waals surface area contributed by atoms with Crippen LogP contribution in [0.4, 0.5) is 0 Å². The number of pyridine rings is 1. The van der Waals surface area contributed by atoms with Crippen LogP contribution in [0.15, 0.2) is 35.1 Å². The molecule has 1 heterocycles. The normalized spacial score (nSPS) is 10.3. The Morgan fingerprint density at radius 2 is 1.93 bits per heavy atom. The smallest absolute Gasteiger partial charge is 0.303 e. The number of rotatable bonds is 4. The van der Waals surface area contributed by atoms with E-state index < -0.39 is 11.9 Å². The van der Waals surface area contributed by atoms with Gasteiger partial charge in [-0.25, -0.2) is 0 Å². The Hall–Kier alpha value is -3.06. The van der Waals surface area contributed by atoms with E-state index in [1.54, 1.807) is 18.2 Å². The zero-order valence-electron chi connectivity index (χ0n) is 14.8. The molecule has 7 nitrogen and oxygen atoms in total. The second-order valence-corrected chi connectivity index (χ2v) is 6.10. The molecular weight excluding hydrogens is 372 g/mol. The van der Waals surface area contributed by atoms with Crippen molar-refractivity contribution in [3.05, 3.63) is 51.1 Å². The van der Waals surface area contributed by atoms with Crippen molar-refractivity contribution in [3.63, 3.8) is 0 Å². The Morgan fingerprint density at radius 1 is 1.22 bits per heavy atom. The van der Waals surface area contributed by atoms with Crippen molar-refractivity contribution in [2.24, 2.45) is 5.73 Å². The molecule has 0 spiro atoms. The first-order valence-corrected chi connectivity index (χ1v) is 8.52. The number of nitrogens with two attached hydrogens (primary N) is 1. The average molecular weight is 391 g/mol. The number of methoxy groups -OCH3 is 1. The van der Waals surface area contributed by atoms with Gasteiger partial charge in [-0.05, 0) is 30.7 Å². The van der Waals surface area contributed by atoms with Gasteiger partial charge < -0.3 is 20.6 Å². The van der Waals surface area contributed by atoms with Crippen molar-refractivity contribution in [2.75, 3.05) is 7.11 Å². The van der Waals surface area contributed by atoms with E-state index in [9.17, 15) is 14.4 Å². The lowest BCUT2D eigenvalue weighted by Crippen LogP contribution is -2.14. The van der Waals surface area contributed by atoms with Crippen LogP contribution in [-0.2, 0) is 4.79 Å². The van der Waals surface area contributed by atoms with Crippen LogP contribution >= 0.6 is 11.6 Å². The number of H-pyrrole nitrogens is 1. The molecule has 0 bridgehead atoms. The van der Waals surface area contributed by atoms with Crippen LogP contribution in [0.1, 0.15) is 30.1 Å². The molecule has 0 aliphatic heterocycles. The van der Waals surface area contributed by atoms with Gasteiger partial charge in [-0.15, -0.1) is 0 Å². The van der Waals surface area contributed by atoms with Gasteiger partial charge in [0, 0.05) is 11.8 Å². The fraction of sp³-hybridized carbons (Fsp3) is 0.211. The van der Waals surface area contributed by atoms with Crippen LogP contribution in [0, 0.1) is 0 Å². The molecule has 0 aliphatic carbocycles. The van der Waals surface area contributed by atoms with E-state index in [1.807, 2.05) is 6.92 Å². The molecule has 3 aromatic rings. The number of amides is 1. The number of benzene rings is 2. The lowest BCUT2D eigenvalue weighted by molar-refractivity contribution is -0.137. The summed E-state index contributed by atoms with van der Waals surface area (Å²) >= 11 is 6.11. The maximum absolute atomic E-state index is 12.6. The number of hydrogen-bond acceptors (Lipinski definition) is 4. The van der Waals surface area contributed by atoms with Crippen molar-refractivity contribution >= 4 is 45.3 Å². The molecular formula is C19H19ClN2O5. The third kappa shape index (κ3) is 4.20. The Balaban J connectivity index is 0.000000380. The summed E-state index contributed by atoms with van der Waals surface area (Å²) in [5.74, 6) is -0.846. The first kappa shape index (κ1) is 20.3. The van der Waals surface area contributed by atoms with E-state index in [1.165, 1.54) is 19.2 Å². The summed E-state index contributed by atoms with van der Waals surface area (Å²) < 4.78 is 5.24. The highest BCUT2D eigenvalue weighted by Gasteiger charge is 2.16. The summed E-state index contributed by atoms with van der Waals surface area (Å²) in [4.78, 5) is 36.8. The van der Waals surface area contributed by atoms with Gasteiger partial charge in [-0.3, -0.25) is 14.4 Å². The van der Waals surface area contributed by atoms with E-state index in [0.29, 0.717) is 28.6 Å². The molecule has 27 heavy (non-hydrogen) atoms. The summed E-state index contributed by atoms with van der Waals surface area (Å²) in [7, 11) is 1.50. The number of fused-ring (bicyclic) bond motifs is 2. The number of nitrogens with one attached hydrogen (secondary N) is 1. The molecule has 142 valence electrons. The minimum absolute atomic E-state index is 0.208. The lowest BCUT2D eigenvalue weighted by atomic mass is 10.1. The van der Waals surface area contributed by atoms with Crippen molar-refractivity contribution in [1.29, 1.82) is 0 Å². The minimum atomic E-state index is -0.711. The number of carbonyl (C=O) groups excluding carboxylic acids is 1. The molecule has 3 rings (SSSR count). The highest BCUT2D eigenvalue weighted by molar-refractivity contribution is 6.36. The number of aliphatic carboxylic acids is 1. The molecule has 0 unspecified atom stereocenters. The van der Waals surface area contributed by atoms with Crippen molar-refractivity contribution < 1.29 is 19.4 Å². The summed E-state index contributed by atoms with van der Waals surface area (Å²) in [6.45, 7) is 1.84.